The summed E-state index contributed by atoms with van der Waals surface area (Å²) in [7, 11) is 1.76. The van der Waals surface area contributed by atoms with Gasteiger partial charge in [-0.2, -0.15) is 0 Å². The molecule has 0 bridgehead atoms. The molecule has 0 saturated heterocycles. The van der Waals surface area contributed by atoms with Crippen molar-refractivity contribution in [3.05, 3.63) is 30.1 Å². The van der Waals surface area contributed by atoms with Crippen molar-refractivity contribution in [3.63, 3.8) is 0 Å². The smallest absolute Gasteiger partial charge is 0.229 e. The normalized spacial score (nSPS) is 14.1. The molecule has 1 aromatic rings. The van der Waals surface area contributed by atoms with E-state index >= 15 is 0 Å². The third-order valence-corrected chi connectivity index (χ3v) is 2.81. The van der Waals surface area contributed by atoms with Crippen LogP contribution < -0.4 is 0 Å². The second-order valence-electron chi connectivity index (χ2n) is 4.41. The van der Waals surface area contributed by atoms with Crippen LogP contribution in [0.15, 0.2) is 24.5 Å². The fourth-order valence-electron chi connectivity index (χ4n) is 1.60. The SMILES string of the molecule is CC(O)CCN(C)C(=O)C(C)c1cccnc1. The van der Waals surface area contributed by atoms with Crippen molar-refractivity contribution in [2.75, 3.05) is 13.6 Å². The molecule has 1 aromatic heterocycles. The van der Waals surface area contributed by atoms with Gasteiger partial charge in [-0.1, -0.05) is 6.07 Å². The van der Waals surface area contributed by atoms with E-state index in [-0.39, 0.29) is 17.9 Å². The number of aliphatic hydroxyl groups is 1. The van der Waals surface area contributed by atoms with E-state index in [1.165, 1.54) is 0 Å². The zero-order chi connectivity index (χ0) is 12.8. The zero-order valence-corrected chi connectivity index (χ0v) is 10.6. The summed E-state index contributed by atoms with van der Waals surface area (Å²) in [5.41, 5.74) is 0.918. The Labute approximate surface area is 102 Å². The van der Waals surface area contributed by atoms with Crippen LogP contribution in [0, 0.1) is 0 Å². The van der Waals surface area contributed by atoms with Gasteiger partial charge in [0.15, 0.2) is 0 Å². The fourth-order valence-corrected chi connectivity index (χ4v) is 1.60. The molecule has 4 nitrogen and oxygen atoms in total. The molecule has 4 heteroatoms. The van der Waals surface area contributed by atoms with Gasteiger partial charge in [-0.15, -0.1) is 0 Å². The number of amides is 1. The number of aromatic nitrogens is 1. The van der Waals surface area contributed by atoms with Crippen LogP contribution in [0.4, 0.5) is 0 Å². The molecule has 17 heavy (non-hydrogen) atoms. The topological polar surface area (TPSA) is 53.4 Å². The minimum Gasteiger partial charge on any atom is -0.393 e. The number of carbonyl (C=O) groups is 1. The van der Waals surface area contributed by atoms with Gasteiger partial charge in [-0.05, 0) is 31.9 Å². The van der Waals surface area contributed by atoms with Crippen molar-refractivity contribution in [1.29, 1.82) is 0 Å². The Bertz CT molecular complexity index is 352. The van der Waals surface area contributed by atoms with Crippen LogP contribution in [0.5, 0.6) is 0 Å². The second-order valence-corrected chi connectivity index (χ2v) is 4.41. The van der Waals surface area contributed by atoms with E-state index in [1.807, 2.05) is 19.1 Å². The molecule has 0 fully saturated rings. The minimum atomic E-state index is -0.376. The third-order valence-electron chi connectivity index (χ3n) is 2.81. The predicted molar refractivity (Wildman–Crippen MR) is 66.6 cm³/mol. The lowest BCUT2D eigenvalue weighted by molar-refractivity contribution is -0.131. The van der Waals surface area contributed by atoms with Crippen molar-refractivity contribution in [2.24, 2.45) is 0 Å². The standard InChI is InChI=1S/C13H20N2O2/c1-10(16)6-8-15(3)13(17)11(2)12-5-4-7-14-9-12/h4-5,7,9-11,16H,6,8H2,1-3H3. The van der Waals surface area contributed by atoms with Gasteiger partial charge in [0.05, 0.1) is 12.0 Å². The number of rotatable bonds is 5. The summed E-state index contributed by atoms with van der Waals surface area (Å²) in [4.78, 5) is 17.7. The molecule has 0 spiro atoms. The number of likely N-dealkylation sites (N-methyl/N-ethyl adjacent to an activating group) is 1. The molecule has 1 rings (SSSR count). The number of pyridine rings is 1. The van der Waals surface area contributed by atoms with E-state index in [1.54, 1.807) is 31.3 Å². The summed E-state index contributed by atoms with van der Waals surface area (Å²) >= 11 is 0. The van der Waals surface area contributed by atoms with Crippen LogP contribution in [0.2, 0.25) is 0 Å². The Kier molecular flexibility index (Phi) is 5.10. The Balaban J connectivity index is 2.57. The average Bonchev–Trinajstić information content (AvgIpc) is 2.35. The number of nitrogens with zero attached hydrogens (tertiary/aromatic N) is 2. The predicted octanol–water partition coefficient (Wildman–Crippen LogP) is 1.41. The van der Waals surface area contributed by atoms with Crippen molar-refractivity contribution < 1.29 is 9.90 Å². The molecule has 94 valence electrons. The van der Waals surface area contributed by atoms with Gasteiger partial charge in [0.25, 0.3) is 0 Å². The number of hydrogen-bond donors (Lipinski definition) is 1. The molecule has 0 aliphatic carbocycles. The fraction of sp³-hybridized carbons (Fsp3) is 0.538. The summed E-state index contributed by atoms with van der Waals surface area (Å²) in [6, 6.07) is 3.73. The van der Waals surface area contributed by atoms with Gasteiger partial charge in [0, 0.05) is 26.0 Å². The summed E-state index contributed by atoms with van der Waals surface area (Å²) in [6.07, 6.45) is 3.63. The van der Waals surface area contributed by atoms with Gasteiger partial charge in [0.1, 0.15) is 0 Å². The maximum Gasteiger partial charge on any atom is 0.229 e. The minimum absolute atomic E-state index is 0.0543. The molecule has 0 radical (unpaired) electrons. The molecule has 0 aromatic carbocycles. The van der Waals surface area contributed by atoms with Gasteiger partial charge in [-0.3, -0.25) is 9.78 Å². The molecule has 1 amide bonds. The molecular weight excluding hydrogens is 216 g/mol. The van der Waals surface area contributed by atoms with Crippen LogP contribution in [0.25, 0.3) is 0 Å². The van der Waals surface area contributed by atoms with Crippen molar-refractivity contribution in [3.8, 4) is 0 Å². The molecule has 0 aliphatic heterocycles. The van der Waals surface area contributed by atoms with Gasteiger partial charge < -0.3 is 10.0 Å². The average molecular weight is 236 g/mol. The molecule has 2 unspecified atom stereocenters. The first-order valence-corrected chi connectivity index (χ1v) is 5.85. The first-order valence-electron chi connectivity index (χ1n) is 5.85. The first-order chi connectivity index (χ1) is 8.02. The lowest BCUT2D eigenvalue weighted by Gasteiger charge is -2.22. The quantitative estimate of drug-likeness (QED) is 0.841. The summed E-state index contributed by atoms with van der Waals surface area (Å²) in [5, 5.41) is 9.19. The van der Waals surface area contributed by atoms with Gasteiger partial charge in [-0.25, -0.2) is 0 Å². The molecule has 0 aliphatic rings. The zero-order valence-electron chi connectivity index (χ0n) is 10.6. The van der Waals surface area contributed by atoms with Crippen molar-refractivity contribution >= 4 is 5.91 Å². The van der Waals surface area contributed by atoms with E-state index < -0.39 is 0 Å². The first kappa shape index (κ1) is 13.6. The van der Waals surface area contributed by atoms with Crippen LogP contribution >= 0.6 is 0 Å². The van der Waals surface area contributed by atoms with Gasteiger partial charge in [0.2, 0.25) is 5.91 Å². The maximum absolute atomic E-state index is 12.1. The highest BCUT2D eigenvalue weighted by molar-refractivity contribution is 5.82. The Morgan fingerprint density at radius 2 is 2.24 bits per heavy atom. The van der Waals surface area contributed by atoms with Crippen LogP contribution in [-0.2, 0) is 4.79 Å². The summed E-state index contributed by atoms with van der Waals surface area (Å²) in [6.45, 7) is 4.17. The second kappa shape index (κ2) is 6.35. The number of aliphatic hydroxyl groups excluding tert-OH is 1. The van der Waals surface area contributed by atoms with E-state index in [4.69, 9.17) is 0 Å². The highest BCUT2D eigenvalue weighted by Crippen LogP contribution is 2.16. The van der Waals surface area contributed by atoms with Gasteiger partial charge >= 0.3 is 0 Å². The van der Waals surface area contributed by atoms with Crippen LogP contribution in [0.3, 0.4) is 0 Å². The monoisotopic (exact) mass is 236 g/mol. The van der Waals surface area contributed by atoms with E-state index in [0.29, 0.717) is 13.0 Å². The summed E-state index contributed by atoms with van der Waals surface area (Å²) < 4.78 is 0. The highest BCUT2D eigenvalue weighted by atomic mass is 16.3. The highest BCUT2D eigenvalue weighted by Gasteiger charge is 2.19. The van der Waals surface area contributed by atoms with E-state index in [2.05, 4.69) is 4.98 Å². The Hall–Kier alpha value is -1.42. The maximum atomic E-state index is 12.1. The van der Waals surface area contributed by atoms with E-state index in [9.17, 15) is 9.90 Å². The molecular formula is C13H20N2O2. The summed E-state index contributed by atoms with van der Waals surface area (Å²) in [5.74, 6) is -0.138. The molecule has 1 N–H and O–H groups in total. The largest absolute Gasteiger partial charge is 0.393 e. The lowest BCUT2D eigenvalue weighted by Crippen LogP contribution is -2.32. The number of hydrogen-bond acceptors (Lipinski definition) is 3. The Morgan fingerprint density at radius 1 is 1.53 bits per heavy atom. The van der Waals surface area contributed by atoms with Crippen molar-refractivity contribution in [2.45, 2.75) is 32.3 Å². The van der Waals surface area contributed by atoms with Crippen LogP contribution in [-0.4, -0.2) is 40.6 Å². The molecule has 2 atom stereocenters. The third kappa shape index (κ3) is 4.15. The van der Waals surface area contributed by atoms with Crippen molar-refractivity contribution in [1.82, 2.24) is 9.88 Å². The molecule has 1 heterocycles. The Morgan fingerprint density at radius 3 is 2.76 bits per heavy atom. The molecule has 0 saturated carbocycles. The lowest BCUT2D eigenvalue weighted by atomic mass is 10.0. The number of carbonyl (C=O) groups excluding carboxylic acids is 1. The van der Waals surface area contributed by atoms with Crippen LogP contribution in [0.1, 0.15) is 31.7 Å². The van der Waals surface area contributed by atoms with E-state index in [0.717, 1.165) is 5.56 Å².